The van der Waals surface area contributed by atoms with Gasteiger partial charge in [-0.1, -0.05) is 66.7 Å². The molecule has 3 rings (SSSR count). The molecule has 27 heavy (non-hydrogen) atoms. The highest BCUT2D eigenvalue weighted by molar-refractivity contribution is 6.13. The second kappa shape index (κ2) is 8.05. The van der Waals surface area contributed by atoms with Gasteiger partial charge < -0.3 is 0 Å². The van der Waals surface area contributed by atoms with E-state index in [0.717, 1.165) is 16.7 Å². The van der Waals surface area contributed by atoms with Gasteiger partial charge in [0.1, 0.15) is 5.56 Å². The van der Waals surface area contributed by atoms with Crippen LogP contribution in [0.4, 0.5) is 5.69 Å². The molecular formula is C21H17N3O3. The van der Waals surface area contributed by atoms with Crippen LogP contribution in [0.25, 0.3) is 0 Å². The van der Waals surface area contributed by atoms with E-state index in [2.05, 4.69) is 10.5 Å². The first kappa shape index (κ1) is 18.0. The fourth-order valence-corrected chi connectivity index (χ4v) is 2.65. The van der Waals surface area contributed by atoms with E-state index >= 15 is 0 Å². The molecule has 0 aromatic heterocycles. The maximum absolute atomic E-state index is 12.6. The number of carbonyl (C=O) groups is 1. The van der Waals surface area contributed by atoms with Gasteiger partial charge in [-0.3, -0.25) is 14.9 Å². The number of nitrogens with zero attached hydrogens (tertiary/aromatic N) is 2. The Morgan fingerprint density at radius 2 is 1.48 bits per heavy atom. The zero-order chi connectivity index (χ0) is 19.2. The zero-order valence-corrected chi connectivity index (χ0v) is 14.6. The minimum atomic E-state index is -0.630. The molecule has 0 aliphatic heterocycles. The molecule has 0 saturated heterocycles. The van der Waals surface area contributed by atoms with Crippen LogP contribution in [0, 0.1) is 17.0 Å². The van der Waals surface area contributed by atoms with Crippen molar-refractivity contribution >= 4 is 17.3 Å². The molecule has 0 fully saturated rings. The number of nitrogens with one attached hydrogen (secondary N) is 1. The van der Waals surface area contributed by atoms with Crippen molar-refractivity contribution in [1.29, 1.82) is 0 Å². The SMILES string of the molecule is Cc1ccc([N+](=O)[O-])c(C(=O)NN=C(c2ccccc2)c2ccccc2)c1. The lowest BCUT2D eigenvalue weighted by molar-refractivity contribution is -0.385. The lowest BCUT2D eigenvalue weighted by Gasteiger charge is -2.08. The number of hydrogen-bond donors (Lipinski definition) is 1. The van der Waals surface area contributed by atoms with Crippen molar-refractivity contribution < 1.29 is 9.72 Å². The minimum absolute atomic E-state index is 0.0239. The standard InChI is InChI=1S/C21H17N3O3/c1-15-12-13-19(24(26)27)18(14-15)21(25)23-22-20(16-8-4-2-5-9-16)17-10-6-3-7-11-17/h2-14H,1H3,(H,23,25). The van der Waals surface area contributed by atoms with Crippen LogP contribution in [-0.4, -0.2) is 16.5 Å². The molecule has 0 spiro atoms. The van der Waals surface area contributed by atoms with Crippen LogP contribution >= 0.6 is 0 Å². The van der Waals surface area contributed by atoms with Crippen molar-refractivity contribution in [2.75, 3.05) is 0 Å². The highest BCUT2D eigenvalue weighted by atomic mass is 16.6. The predicted molar refractivity (Wildman–Crippen MR) is 104 cm³/mol. The van der Waals surface area contributed by atoms with Gasteiger partial charge in [-0.05, 0) is 18.6 Å². The summed E-state index contributed by atoms with van der Waals surface area (Å²) in [4.78, 5) is 23.2. The summed E-state index contributed by atoms with van der Waals surface area (Å²) in [5, 5.41) is 15.5. The number of nitro groups is 1. The summed E-state index contributed by atoms with van der Waals surface area (Å²) < 4.78 is 0. The van der Waals surface area contributed by atoms with Crippen LogP contribution in [-0.2, 0) is 0 Å². The Morgan fingerprint density at radius 3 is 2.00 bits per heavy atom. The number of nitro benzene ring substituents is 1. The molecule has 6 nitrogen and oxygen atoms in total. The predicted octanol–water partition coefficient (Wildman–Crippen LogP) is 4.09. The van der Waals surface area contributed by atoms with Crippen molar-refractivity contribution in [2.45, 2.75) is 6.92 Å². The highest BCUT2D eigenvalue weighted by Gasteiger charge is 2.20. The quantitative estimate of drug-likeness (QED) is 0.423. The van der Waals surface area contributed by atoms with E-state index < -0.39 is 10.8 Å². The second-order valence-electron chi connectivity index (χ2n) is 5.91. The fraction of sp³-hybridized carbons (Fsp3) is 0.0476. The normalized spacial score (nSPS) is 10.1. The third-order valence-corrected chi connectivity index (χ3v) is 3.96. The molecule has 1 N–H and O–H groups in total. The maximum Gasteiger partial charge on any atom is 0.282 e. The van der Waals surface area contributed by atoms with Gasteiger partial charge in [-0.15, -0.1) is 0 Å². The summed E-state index contributed by atoms with van der Waals surface area (Å²) >= 11 is 0. The smallest absolute Gasteiger partial charge is 0.267 e. The Kier molecular flexibility index (Phi) is 5.37. The number of hydrogen-bond acceptors (Lipinski definition) is 4. The highest BCUT2D eigenvalue weighted by Crippen LogP contribution is 2.20. The summed E-state index contributed by atoms with van der Waals surface area (Å²) in [6, 6.07) is 23.2. The van der Waals surface area contributed by atoms with E-state index in [0.29, 0.717) is 5.71 Å². The van der Waals surface area contributed by atoms with Gasteiger partial charge in [0, 0.05) is 17.2 Å². The van der Waals surface area contributed by atoms with Crippen LogP contribution in [0.3, 0.4) is 0 Å². The van der Waals surface area contributed by atoms with Gasteiger partial charge in [0.05, 0.1) is 10.6 Å². The number of hydrazone groups is 1. The fourth-order valence-electron chi connectivity index (χ4n) is 2.65. The first-order valence-corrected chi connectivity index (χ1v) is 8.30. The molecule has 0 aliphatic rings. The average Bonchev–Trinajstić information content (AvgIpc) is 2.69. The molecule has 0 radical (unpaired) electrons. The maximum atomic E-state index is 12.6. The first-order valence-electron chi connectivity index (χ1n) is 8.30. The molecule has 0 atom stereocenters. The Bertz CT molecular complexity index is 958. The van der Waals surface area contributed by atoms with Crippen molar-refractivity contribution in [3.63, 3.8) is 0 Å². The van der Waals surface area contributed by atoms with Gasteiger partial charge >= 0.3 is 0 Å². The van der Waals surface area contributed by atoms with E-state index in [1.165, 1.54) is 12.1 Å². The van der Waals surface area contributed by atoms with Crippen LogP contribution < -0.4 is 5.43 Å². The van der Waals surface area contributed by atoms with E-state index in [4.69, 9.17) is 0 Å². The van der Waals surface area contributed by atoms with E-state index in [1.807, 2.05) is 60.7 Å². The Hall–Kier alpha value is -3.80. The van der Waals surface area contributed by atoms with Crippen molar-refractivity contribution in [2.24, 2.45) is 5.10 Å². The van der Waals surface area contributed by atoms with Crippen molar-refractivity contribution in [3.8, 4) is 0 Å². The molecule has 3 aromatic carbocycles. The van der Waals surface area contributed by atoms with E-state index in [9.17, 15) is 14.9 Å². The molecule has 0 unspecified atom stereocenters. The lowest BCUT2D eigenvalue weighted by Crippen LogP contribution is -2.21. The van der Waals surface area contributed by atoms with E-state index in [1.54, 1.807) is 13.0 Å². The largest absolute Gasteiger partial charge is 0.282 e. The molecule has 6 heteroatoms. The summed E-state index contributed by atoms with van der Waals surface area (Å²) in [7, 11) is 0. The van der Waals surface area contributed by atoms with Crippen LogP contribution in [0.2, 0.25) is 0 Å². The molecule has 0 heterocycles. The summed E-state index contributed by atoms with van der Waals surface area (Å²) in [5.74, 6) is -0.630. The van der Waals surface area contributed by atoms with E-state index in [-0.39, 0.29) is 11.3 Å². The summed E-state index contributed by atoms with van der Waals surface area (Å²) in [6.45, 7) is 1.77. The van der Waals surface area contributed by atoms with Crippen LogP contribution in [0.1, 0.15) is 27.0 Å². The third kappa shape index (κ3) is 4.24. The monoisotopic (exact) mass is 359 g/mol. The molecule has 0 bridgehead atoms. The Morgan fingerprint density at radius 1 is 0.926 bits per heavy atom. The minimum Gasteiger partial charge on any atom is -0.267 e. The van der Waals surface area contributed by atoms with Crippen LogP contribution in [0.5, 0.6) is 0 Å². The molecule has 3 aromatic rings. The molecule has 0 saturated carbocycles. The number of amides is 1. The summed E-state index contributed by atoms with van der Waals surface area (Å²) in [6.07, 6.45) is 0. The molecule has 0 aliphatic carbocycles. The number of rotatable bonds is 5. The van der Waals surface area contributed by atoms with Gasteiger partial charge in [-0.2, -0.15) is 5.10 Å². The number of aryl methyl sites for hydroxylation is 1. The Balaban J connectivity index is 1.97. The van der Waals surface area contributed by atoms with Crippen LogP contribution in [0.15, 0.2) is 84.0 Å². The number of carbonyl (C=O) groups excluding carboxylic acids is 1. The van der Waals surface area contributed by atoms with Crippen molar-refractivity contribution in [3.05, 3.63) is 111 Å². The second-order valence-corrected chi connectivity index (χ2v) is 5.91. The summed E-state index contributed by atoms with van der Waals surface area (Å²) in [5.41, 5.74) is 5.15. The third-order valence-electron chi connectivity index (χ3n) is 3.96. The first-order chi connectivity index (χ1) is 13.1. The molecule has 134 valence electrons. The number of benzene rings is 3. The molecule has 1 amide bonds. The van der Waals surface area contributed by atoms with Gasteiger partial charge in [-0.25, -0.2) is 5.43 Å². The van der Waals surface area contributed by atoms with Gasteiger partial charge in [0.2, 0.25) is 0 Å². The zero-order valence-electron chi connectivity index (χ0n) is 14.6. The van der Waals surface area contributed by atoms with Gasteiger partial charge in [0.25, 0.3) is 11.6 Å². The topological polar surface area (TPSA) is 84.6 Å². The van der Waals surface area contributed by atoms with Crippen molar-refractivity contribution in [1.82, 2.24) is 5.43 Å². The average molecular weight is 359 g/mol. The molecular weight excluding hydrogens is 342 g/mol. The lowest BCUT2D eigenvalue weighted by atomic mass is 10.0. The van der Waals surface area contributed by atoms with Gasteiger partial charge in [0.15, 0.2) is 0 Å². The Labute approximate surface area is 156 Å².